The molecule has 1 aliphatic rings. The SMILES string of the molecule is Clc1ccc(Cl)c(C(Cl)C2Cc3ccccc3C2)c1. The predicted octanol–water partition coefficient (Wildman–Crippen LogP) is 5.69. The first-order valence-electron chi connectivity index (χ1n) is 6.31. The van der Waals surface area contributed by atoms with E-state index in [1.807, 2.05) is 12.1 Å². The first-order valence-corrected chi connectivity index (χ1v) is 7.50. The molecule has 0 spiro atoms. The van der Waals surface area contributed by atoms with Crippen LogP contribution in [0, 0.1) is 5.92 Å². The largest absolute Gasteiger partial charge is 0.117 e. The maximum absolute atomic E-state index is 6.64. The second-order valence-corrected chi connectivity index (χ2v) is 6.32. The number of benzene rings is 2. The number of alkyl halides is 1. The molecule has 1 aliphatic carbocycles. The van der Waals surface area contributed by atoms with Gasteiger partial charge in [-0.1, -0.05) is 47.5 Å². The average Bonchev–Trinajstić information content (AvgIpc) is 2.84. The van der Waals surface area contributed by atoms with Crippen molar-refractivity contribution in [3.05, 3.63) is 69.2 Å². The van der Waals surface area contributed by atoms with Crippen molar-refractivity contribution in [2.75, 3.05) is 0 Å². The van der Waals surface area contributed by atoms with Crippen molar-refractivity contribution in [3.8, 4) is 0 Å². The molecule has 0 bridgehead atoms. The zero-order valence-corrected chi connectivity index (χ0v) is 12.5. The molecule has 1 unspecified atom stereocenters. The molecule has 0 radical (unpaired) electrons. The minimum absolute atomic E-state index is 0.0985. The molecule has 0 aromatic heterocycles. The summed E-state index contributed by atoms with van der Waals surface area (Å²) >= 11 is 18.9. The molecule has 0 heterocycles. The highest BCUT2D eigenvalue weighted by Crippen LogP contribution is 2.41. The first-order chi connectivity index (χ1) is 9.15. The molecule has 3 rings (SSSR count). The molecule has 98 valence electrons. The molecule has 0 nitrogen and oxygen atoms in total. The summed E-state index contributed by atoms with van der Waals surface area (Å²) in [4.78, 5) is 0. The Hall–Kier alpha value is -0.690. The third-order valence-corrected chi connectivity index (χ3v) is 4.92. The molecule has 0 N–H and O–H groups in total. The van der Waals surface area contributed by atoms with E-state index in [1.54, 1.807) is 6.07 Å². The number of rotatable bonds is 2. The Balaban J connectivity index is 1.87. The standard InChI is InChI=1S/C16H13Cl3/c17-13-5-6-15(18)14(9-13)16(19)12-7-10-3-1-2-4-11(10)8-12/h1-6,9,12,16H,7-8H2. The van der Waals surface area contributed by atoms with Crippen LogP contribution in [0.3, 0.4) is 0 Å². The van der Waals surface area contributed by atoms with Gasteiger partial charge in [0.05, 0.1) is 5.38 Å². The number of halogens is 3. The van der Waals surface area contributed by atoms with Gasteiger partial charge >= 0.3 is 0 Å². The lowest BCUT2D eigenvalue weighted by Crippen LogP contribution is -2.08. The summed E-state index contributed by atoms with van der Waals surface area (Å²) in [6.45, 7) is 0. The molecule has 0 aliphatic heterocycles. The van der Waals surface area contributed by atoms with Crippen LogP contribution in [-0.4, -0.2) is 0 Å². The molecular weight excluding hydrogens is 299 g/mol. The molecule has 3 heteroatoms. The third kappa shape index (κ3) is 2.63. The van der Waals surface area contributed by atoms with E-state index in [4.69, 9.17) is 34.8 Å². The van der Waals surface area contributed by atoms with Gasteiger partial charge in [0, 0.05) is 10.0 Å². The average molecular weight is 312 g/mol. The Morgan fingerprint density at radius 3 is 2.21 bits per heavy atom. The fourth-order valence-corrected chi connectivity index (χ4v) is 3.61. The smallest absolute Gasteiger partial charge is 0.0634 e. The summed E-state index contributed by atoms with van der Waals surface area (Å²) in [5.41, 5.74) is 3.74. The molecule has 19 heavy (non-hydrogen) atoms. The van der Waals surface area contributed by atoms with Crippen LogP contribution in [0.2, 0.25) is 10.0 Å². The van der Waals surface area contributed by atoms with Crippen LogP contribution in [0.4, 0.5) is 0 Å². The van der Waals surface area contributed by atoms with Crippen molar-refractivity contribution in [2.45, 2.75) is 18.2 Å². The van der Waals surface area contributed by atoms with Crippen molar-refractivity contribution in [2.24, 2.45) is 5.92 Å². The first kappa shape index (κ1) is 13.3. The highest BCUT2D eigenvalue weighted by Gasteiger charge is 2.29. The maximum Gasteiger partial charge on any atom is 0.0634 e. The second kappa shape index (κ2) is 5.36. The summed E-state index contributed by atoms with van der Waals surface area (Å²) in [5.74, 6) is 0.384. The van der Waals surface area contributed by atoms with Gasteiger partial charge in [-0.15, -0.1) is 11.6 Å². The van der Waals surface area contributed by atoms with Gasteiger partial charge in [0.1, 0.15) is 0 Å². The van der Waals surface area contributed by atoms with Gasteiger partial charge in [0.25, 0.3) is 0 Å². The van der Waals surface area contributed by atoms with Crippen molar-refractivity contribution < 1.29 is 0 Å². The van der Waals surface area contributed by atoms with Crippen molar-refractivity contribution in [1.82, 2.24) is 0 Å². The zero-order valence-electron chi connectivity index (χ0n) is 10.2. The zero-order chi connectivity index (χ0) is 13.4. The Bertz CT molecular complexity index is 582. The predicted molar refractivity (Wildman–Crippen MR) is 82.4 cm³/mol. The van der Waals surface area contributed by atoms with E-state index in [-0.39, 0.29) is 5.38 Å². The topological polar surface area (TPSA) is 0 Å². The van der Waals surface area contributed by atoms with Crippen LogP contribution in [0.1, 0.15) is 22.1 Å². The highest BCUT2D eigenvalue weighted by molar-refractivity contribution is 6.34. The Morgan fingerprint density at radius 1 is 0.947 bits per heavy atom. The van der Waals surface area contributed by atoms with Crippen LogP contribution in [0.25, 0.3) is 0 Å². The van der Waals surface area contributed by atoms with E-state index in [0.29, 0.717) is 16.0 Å². The van der Waals surface area contributed by atoms with Crippen LogP contribution >= 0.6 is 34.8 Å². The van der Waals surface area contributed by atoms with Crippen LogP contribution in [0.15, 0.2) is 42.5 Å². The Kier molecular flexibility index (Phi) is 3.75. The van der Waals surface area contributed by atoms with Gasteiger partial charge in [0.2, 0.25) is 0 Å². The molecule has 0 fully saturated rings. The Morgan fingerprint density at radius 2 is 1.58 bits per heavy atom. The lowest BCUT2D eigenvalue weighted by atomic mass is 9.96. The second-order valence-electron chi connectivity index (χ2n) is 5.00. The maximum atomic E-state index is 6.64. The molecule has 2 aromatic rings. The number of hydrogen-bond acceptors (Lipinski definition) is 0. The van der Waals surface area contributed by atoms with E-state index in [2.05, 4.69) is 24.3 Å². The van der Waals surface area contributed by atoms with E-state index in [0.717, 1.165) is 18.4 Å². The molecule has 0 amide bonds. The third-order valence-electron chi connectivity index (χ3n) is 3.75. The van der Waals surface area contributed by atoms with Gasteiger partial charge in [-0.2, -0.15) is 0 Å². The van der Waals surface area contributed by atoms with Gasteiger partial charge in [-0.3, -0.25) is 0 Å². The summed E-state index contributed by atoms with van der Waals surface area (Å²) in [7, 11) is 0. The number of hydrogen-bond donors (Lipinski definition) is 0. The van der Waals surface area contributed by atoms with Crippen LogP contribution < -0.4 is 0 Å². The summed E-state index contributed by atoms with van der Waals surface area (Å²) in [6.07, 6.45) is 2.01. The van der Waals surface area contributed by atoms with Crippen molar-refractivity contribution in [3.63, 3.8) is 0 Å². The molecular formula is C16H13Cl3. The summed E-state index contributed by atoms with van der Waals surface area (Å²) in [5, 5.41) is 1.28. The van der Waals surface area contributed by atoms with Gasteiger partial charge in [-0.05, 0) is 53.6 Å². The Labute approximate surface area is 128 Å². The lowest BCUT2D eigenvalue weighted by Gasteiger charge is -2.18. The fourth-order valence-electron chi connectivity index (χ4n) is 2.78. The molecule has 0 saturated heterocycles. The van der Waals surface area contributed by atoms with E-state index < -0.39 is 0 Å². The molecule has 2 aromatic carbocycles. The minimum Gasteiger partial charge on any atom is -0.117 e. The van der Waals surface area contributed by atoms with E-state index in [9.17, 15) is 0 Å². The molecule has 0 saturated carbocycles. The fraction of sp³-hybridized carbons (Fsp3) is 0.250. The number of fused-ring (bicyclic) bond motifs is 1. The quantitative estimate of drug-likeness (QED) is 0.625. The van der Waals surface area contributed by atoms with Gasteiger partial charge in [-0.25, -0.2) is 0 Å². The molecule has 1 atom stereocenters. The van der Waals surface area contributed by atoms with Crippen molar-refractivity contribution in [1.29, 1.82) is 0 Å². The van der Waals surface area contributed by atoms with Crippen LogP contribution in [-0.2, 0) is 12.8 Å². The summed E-state index contributed by atoms with van der Waals surface area (Å²) in [6, 6.07) is 14.0. The summed E-state index contributed by atoms with van der Waals surface area (Å²) < 4.78 is 0. The normalized spacial score (nSPS) is 16.4. The van der Waals surface area contributed by atoms with E-state index in [1.165, 1.54) is 11.1 Å². The monoisotopic (exact) mass is 310 g/mol. The van der Waals surface area contributed by atoms with Gasteiger partial charge in [0.15, 0.2) is 0 Å². The van der Waals surface area contributed by atoms with Gasteiger partial charge < -0.3 is 0 Å². The lowest BCUT2D eigenvalue weighted by molar-refractivity contribution is 0.541. The minimum atomic E-state index is -0.0985. The van der Waals surface area contributed by atoms with Crippen molar-refractivity contribution >= 4 is 34.8 Å². The van der Waals surface area contributed by atoms with E-state index >= 15 is 0 Å². The van der Waals surface area contributed by atoms with Crippen LogP contribution in [0.5, 0.6) is 0 Å². The highest BCUT2D eigenvalue weighted by atomic mass is 35.5.